The number of hydrogen-bond acceptors (Lipinski definition) is 0. The summed E-state index contributed by atoms with van der Waals surface area (Å²) in [6.07, 6.45) is 22.5. The fraction of sp³-hybridized carbons (Fsp3) is 0.692. The topological polar surface area (TPSA) is 15.8 Å². The van der Waals surface area contributed by atoms with E-state index in [9.17, 15) is 0 Å². The van der Waals surface area contributed by atoms with Gasteiger partial charge in [0.25, 0.3) is 0 Å². The summed E-state index contributed by atoms with van der Waals surface area (Å²) in [4.78, 5) is 3.66. The quantitative estimate of drug-likeness (QED) is 0.322. The molecular weight excluding hydrogens is 362 g/mol. The van der Waals surface area contributed by atoms with Crippen LogP contribution < -0.4 is 0 Å². The van der Waals surface area contributed by atoms with Gasteiger partial charge in [-0.1, -0.05) is 102 Å². The van der Waals surface area contributed by atoms with E-state index in [1.54, 1.807) is 0 Å². The van der Waals surface area contributed by atoms with E-state index in [0.29, 0.717) is 0 Å². The number of halogens is 1. The van der Waals surface area contributed by atoms with Gasteiger partial charge in [-0.2, -0.15) is 0 Å². The van der Waals surface area contributed by atoms with Crippen LogP contribution in [-0.4, -0.2) is 4.98 Å². The summed E-state index contributed by atoms with van der Waals surface area (Å²) in [6, 6.07) is 6.27. The average molecular weight is 402 g/mol. The molecular formula is C26H40ClN. The molecule has 1 atom stereocenters. The first kappa shape index (κ1) is 21.8. The van der Waals surface area contributed by atoms with Gasteiger partial charge < -0.3 is 4.98 Å². The third kappa shape index (κ3) is 6.55. The van der Waals surface area contributed by atoms with Crippen LogP contribution in [0.2, 0.25) is 5.02 Å². The van der Waals surface area contributed by atoms with Gasteiger partial charge in [-0.05, 0) is 48.9 Å². The van der Waals surface area contributed by atoms with Crippen molar-refractivity contribution in [2.75, 3.05) is 0 Å². The van der Waals surface area contributed by atoms with Gasteiger partial charge >= 0.3 is 0 Å². The third-order valence-electron chi connectivity index (χ3n) is 6.72. The molecule has 2 aromatic rings. The highest BCUT2D eigenvalue weighted by molar-refractivity contribution is 6.31. The highest BCUT2D eigenvalue weighted by Gasteiger charge is 2.22. The van der Waals surface area contributed by atoms with Crippen LogP contribution in [0.1, 0.15) is 108 Å². The van der Waals surface area contributed by atoms with E-state index in [4.69, 9.17) is 11.6 Å². The first-order valence-electron chi connectivity index (χ1n) is 12.1. The van der Waals surface area contributed by atoms with Crippen molar-refractivity contribution in [2.45, 2.75) is 110 Å². The van der Waals surface area contributed by atoms with Crippen LogP contribution in [0.15, 0.2) is 18.2 Å². The van der Waals surface area contributed by atoms with Gasteiger partial charge in [-0.15, -0.1) is 0 Å². The molecule has 0 bridgehead atoms. The summed E-state index contributed by atoms with van der Waals surface area (Å²) < 4.78 is 0. The Morgan fingerprint density at radius 1 is 0.893 bits per heavy atom. The second-order valence-electron chi connectivity index (χ2n) is 9.06. The minimum absolute atomic E-state index is 0.855. The number of unbranched alkanes of at least 4 members (excludes halogenated alkanes) is 11. The molecule has 0 fully saturated rings. The number of aromatic amines is 1. The number of aryl methyl sites for hydroxylation is 1. The summed E-state index contributed by atoms with van der Waals surface area (Å²) in [5.74, 6) is 0.874. The fourth-order valence-corrected chi connectivity index (χ4v) is 5.17. The summed E-state index contributed by atoms with van der Waals surface area (Å²) in [7, 11) is 0. The first-order chi connectivity index (χ1) is 13.8. The van der Waals surface area contributed by atoms with Crippen molar-refractivity contribution >= 4 is 22.5 Å². The predicted molar refractivity (Wildman–Crippen MR) is 125 cm³/mol. The van der Waals surface area contributed by atoms with Crippen LogP contribution in [0.4, 0.5) is 0 Å². The summed E-state index contributed by atoms with van der Waals surface area (Å²) in [5.41, 5.74) is 4.27. The molecule has 2 heteroatoms. The summed E-state index contributed by atoms with van der Waals surface area (Å²) in [6.45, 7) is 2.30. The van der Waals surface area contributed by atoms with Crippen molar-refractivity contribution in [2.24, 2.45) is 5.92 Å². The second kappa shape index (κ2) is 11.9. The number of H-pyrrole nitrogens is 1. The summed E-state index contributed by atoms with van der Waals surface area (Å²) >= 11 is 6.20. The molecule has 3 rings (SSSR count). The van der Waals surface area contributed by atoms with Gasteiger partial charge in [-0.25, -0.2) is 0 Å². The van der Waals surface area contributed by atoms with Gasteiger partial charge in [0.2, 0.25) is 0 Å². The number of hydrogen-bond donors (Lipinski definition) is 1. The van der Waals surface area contributed by atoms with Crippen molar-refractivity contribution in [3.05, 3.63) is 34.5 Å². The van der Waals surface area contributed by atoms with Gasteiger partial charge in [0, 0.05) is 21.6 Å². The largest absolute Gasteiger partial charge is 0.358 e. The SMILES string of the molecule is CCCCCCCCCCCCCCC1CCc2c([nH]c3ccc(Cl)cc23)C1. The molecule has 1 unspecified atom stereocenters. The van der Waals surface area contributed by atoms with E-state index in [1.807, 2.05) is 6.07 Å². The zero-order valence-electron chi connectivity index (χ0n) is 18.0. The van der Waals surface area contributed by atoms with Gasteiger partial charge in [0.05, 0.1) is 0 Å². The van der Waals surface area contributed by atoms with Crippen LogP contribution in [-0.2, 0) is 12.8 Å². The van der Waals surface area contributed by atoms with Gasteiger partial charge in [0.1, 0.15) is 0 Å². The van der Waals surface area contributed by atoms with Crippen molar-refractivity contribution in [3.63, 3.8) is 0 Å². The molecule has 1 aromatic heterocycles. The fourth-order valence-electron chi connectivity index (χ4n) is 5.00. The van der Waals surface area contributed by atoms with Crippen LogP contribution in [0.5, 0.6) is 0 Å². The normalized spacial score (nSPS) is 16.6. The first-order valence-corrected chi connectivity index (χ1v) is 12.4. The van der Waals surface area contributed by atoms with E-state index in [2.05, 4.69) is 24.0 Å². The maximum Gasteiger partial charge on any atom is 0.0460 e. The molecule has 1 nitrogen and oxygen atoms in total. The summed E-state index contributed by atoms with van der Waals surface area (Å²) in [5, 5.41) is 2.21. The van der Waals surface area contributed by atoms with E-state index in [-0.39, 0.29) is 0 Å². The number of rotatable bonds is 13. The molecule has 0 amide bonds. The molecule has 156 valence electrons. The molecule has 28 heavy (non-hydrogen) atoms. The van der Waals surface area contributed by atoms with Crippen molar-refractivity contribution < 1.29 is 0 Å². The maximum absolute atomic E-state index is 6.20. The lowest BCUT2D eigenvalue weighted by Crippen LogP contribution is -2.13. The Balaban J connectivity index is 1.25. The van der Waals surface area contributed by atoms with Gasteiger partial charge in [0.15, 0.2) is 0 Å². The Hall–Kier alpha value is -0.950. The molecule has 0 saturated carbocycles. The molecule has 1 aliphatic rings. The lowest BCUT2D eigenvalue weighted by Gasteiger charge is -2.22. The molecule has 0 radical (unpaired) electrons. The maximum atomic E-state index is 6.20. The third-order valence-corrected chi connectivity index (χ3v) is 6.95. The highest BCUT2D eigenvalue weighted by Crippen LogP contribution is 2.34. The molecule has 0 aliphatic heterocycles. The molecule has 1 heterocycles. The lowest BCUT2D eigenvalue weighted by atomic mass is 9.84. The Morgan fingerprint density at radius 3 is 2.21 bits per heavy atom. The van der Waals surface area contributed by atoms with E-state index in [0.717, 1.165) is 10.9 Å². The van der Waals surface area contributed by atoms with Crippen molar-refractivity contribution in [1.82, 2.24) is 4.98 Å². The van der Waals surface area contributed by atoms with Crippen LogP contribution in [0.3, 0.4) is 0 Å². The van der Waals surface area contributed by atoms with E-state index in [1.165, 1.54) is 125 Å². The van der Waals surface area contributed by atoms with Crippen LogP contribution in [0, 0.1) is 5.92 Å². The lowest BCUT2D eigenvalue weighted by molar-refractivity contribution is 0.401. The highest BCUT2D eigenvalue weighted by atomic mass is 35.5. The monoisotopic (exact) mass is 401 g/mol. The number of aromatic nitrogens is 1. The Labute approximate surface area is 177 Å². The van der Waals surface area contributed by atoms with Crippen LogP contribution >= 0.6 is 11.6 Å². The molecule has 1 N–H and O–H groups in total. The van der Waals surface area contributed by atoms with Crippen molar-refractivity contribution in [1.29, 1.82) is 0 Å². The van der Waals surface area contributed by atoms with Crippen LogP contribution in [0.25, 0.3) is 10.9 Å². The Kier molecular flexibility index (Phi) is 9.25. The van der Waals surface area contributed by atoms with Crippen molar-refractivity contribution in [3.8, 4) is 0 Å². The second-order valence-corrected chi connectivity index (χ2v) is 9.50. The molecule has 0 saturated heterocycles. The Morgan fingerprint density at radius 2 is 1.54 bits per heavy atom. The zero-order valence-corrected chi connectivity index (χ0v) is 18.8. The molecule has 1 aliphatic carbocycles. The number of benzene rings is 1. The minimum Gasteiger partial charge on any atom is -0.358 e. The standard InChI is InChI=1S/C26H40ClN/c1-2-3-4-5-6-7-8-9-10-11-12-13-14-21-15-17-23-24-20-22(27)16-18-25(24)28-26(23)19-21/h16,18,20-21,28H,2-15,17,19H2,1H3. The zero-order chi connectivity index (χ0) is 19.6. The predicted octanol–water partition coefficient (Wildman–Crippen LogP) is 9.02. The van der Waals surface area contributed by atoms with E-state index < -0.39 is 0 Å². The number of nitrogens with one attached hydrogen (secondary N) is 1. The average Bonchev–Trinajstić information content (AvgIpc) is 3.06. The minimum atomic E-state index is 0.855. The number of fused-ring (bicyclic) bond motifs is 3. The smallest absolute Gasteiger partial charge is 0.0460 e. The molecule has 1 aromatic carbocycles. The van der Waals surface area contributed by atoms with Gasteiger partial charge in [-0.3, -0.25) is 0 Å². The molecule has 0 spiro atoms. The van der Waals surface area contributed by atoms with E-state index >= 15 is 0 Å². The Bertz CT molecular complexity index is 702.